The normalized spacial score (nSPS) is 26.4. The van der Waals surface area contributed by atoms with Crippen LogP contribution in [0.1, 0.15) is 96.0 Å². The molecule has 0 aliphatic heterocycles. The summed E-state index contributed by atoms with van der Waals surface area (Å²) in [6.07, 6.45) is 7.53. The first kappa shape index (κ1) is 27.8. The molecule has 37 heavy (non-hydrogen) atoms. The van der Waals surface area contributed by atoms with E-state index in [1.165, 1.54) is 43.9 Å². The SMILES string of the molecule is CC(C)Sc1c(OCC(C)(C)NC(=O)CCCCC(=O)O)noc1C(=O)NC1C2CC3CC(C2)CC1C3. The highest BCUT2D eigenvalue weighted by molar-refractivity contribution is 8.00. The molecule has 0 saturated heterocycles. The van der Waals surface area contributed by atoms with E-state index in [0.717, 1.165) is 11.8 Å². The Kier molecular flexibility index (Phi) is 8.76. The number of ether oxygens (including phenoxy) is 1. The average molecular weight is 536 g/mol. The number of rotatable bonds is 13. The third-order valence-electron chi connectivity index (χ3n) is 7.80. The number of carbonyl (C=O) groups excluding carboxylic acids is 2. The van der Waals surface area contributed by atoms with Crippen LogP contribution >= 0.6 is 11.8 Å². The Bertz CT molecular complexity index is 963. The van der Waals surface area contributed by atoms with Crippen molar-refractivity contribution in [1.29, 1.82) is 0 Å². The van der Waals surface area contributed by atoms with Crippen LogP contribution in [0.4, 0.5) is 0 Å². The molecule has 4 fully saturated rings. The van der Waals surface area contributed by atoms with Crippen molar-refractivity contribution in [1.82, 2.24) is 15.8 Å². The topological polar surface area (TPSA) is 131 Å². The molecule has 1 aromatic rings. The molecule has 1 aromatic heterocycles. The van der Waals surface area contributed by atoms with Crippen molar-refractivity contribution < 1.29 is 28.8 Å². The number of aliphatic carboxylic acids is 1. The number of hydrogen-bond acceptors (Lipinski definition) is 7. The Morgan fingerprint density at radius 1 is 1.08 bits per heavy atom. The van der Waals surface area contributed by atoms with Crippen LogP contribution in [0.3, 0.4) is 0 Å². The van der Waals surface area contributed by atoms with E-state index < -0.39 is 11.5 Å². The molecule has 4 aliphatic rings. The second-order valence-corrected chi connectivity index (χ2v) is 13.7. The van der Waals surface area contributed by atoms with Crippen LogP contribution in [0, 0.1) is 23.7 Å². The predicted octanol–water partition coefficient (Wildman–Crippen LogP) is 4.65. The van der Waals surface area contributed by atoms with Crippen LogP contribution in [0.5, 0.6) is 5.88 Å². The highest BCUT2D eigenvalue weighted by Gasteiger charge is 2.49. The fourth-order valence-electron chi connectivity index (χ4n) is 6.51. The second kappa shape index (κ2) is 11.7. The van der Waals surface area contributed by atoms with E-state index >= 15 is 0 Å². The minimum Gasteiger partial charge on any atom is -0.481 e. The maximum absolute atomic E-state index is 13.4. The van der Waals surface area contributed by atoms with Crippen molar-refractivity contribution in [2.75, 3.05) is 6.61 Å². The van der Waals surface area contributed by atoms with E-state index in [-0.39, 0.29) is 54.2 Å². The monoisotopic (exact) mass is 535 g/mol. The van der Waals surface area contributed by atoms with Gasteiger partial charge in [-0.3, -0.25) is 14.4 Å². The van der Waals surface area contributed by atoms with Gasteiger partial charge in [0.05, 0.1) is 5.54 Å². The Morgan fingerprint density at radius 2 is 1.70 bits per heavy atom. The zero-order valence-electron chi connectivity index (χ0n) is 22.4. The van der Waals surface area contributed by atoms with Crippen LogP contribution < -0.4 is 15.4 Å². The van der Waals surface area contributed by atoms with Gasteiger partial charge in [0.25, 0.3) is 11.8 Å². The van der Waals surface area contributed by atoms with Crippen LogP contribution in [-0.4, -0.2) is 51.5 Å². The molecule has 0 radical (unpaired) electrons. The number of nitrogens with one attached hydrogen (secondary N) is 2. The minimum absolute atomic E-state index is 0.0568. The largest absolute Gasteiger partial charge is 0.481 e. The fraction of sp³-hybridized carbons (Fsp3) is 0.778. The molecule has 4 bridgehead atoms. The van der Waals surface area contributed by atoms with E-state index in [4.69, 9.17) is 14.4 Å². The summed E-state index contributed by atoms with van der Waals surface area (Å²) in [6.45, 7) is 7.91. The first-order valence-corrected chi connectivity index (χ1v) is 14.5. The molecular weight excluding hydrogens is 494 g/mol. The number of aromatic nitrogens is 1. The third-order valence-corrected chi connectivity index (χ3v) is 8.86. The summed E-state index contributed by atoms with van der Waals surface area (Å²) in [5.74, 6) is 2.01. The maximum atomic E-state index is 13.4. The number of nitrogens with zero attached hydrogens (tertiary/aromatic N) is 1. The number of carboxylic acid groups (broad SMARTS) is 1. The van der Waals surface area contributed by atoms with Crippen molar-refractivity contribution >= 4 is 29.5 Å². The number of unbranched alkanes of at least 4 members (excludes halogenated alkanes) is 1. The standard InChI is InChI=1S/C27H41N3O6S/c1-15(2)37-24-23(25(34)28-22-18-10-16-9-17(12-18)13-19(22)11-16)36-30-26(24)35-14-27(3,4)29-20(31)7-5-6-8-21(32)33/h15-19,22H,5-14H2,1-4H3,(H,28,34)(H,29,31)(H,32,33). The Balaban J connectivity index is 1.35. The van der Waals surface area contributed by atoms with E-state index in [1.54, 1.807) is 0 Å². The first-order valence-electron chi connectivity index (χ1n) is 13.6. The predicted molar refractivity (Wildman–Crippen MR) is 140 cm³/mol. The van der Waals surface area contributed by atoms with Gasteiger partial charge >= 0.3 is 5.97 Å². The highest BCUT2D eigenvalue weighted by atomic mass is 32.2. The summed E-state index contributed by atoms with van der Waals surface area (Å²) in [4.78, 5) is 36.9. The molecular formula is C27H41N3O6S. The lowest BCUT2D eigenvalue weighted by atomic mass is 9.54. The van der Waals surface area contributed by atoms with Gasteiger partial charge < -0.3 is 25.0 Å². The van der Waals surface area contributed by atoms with Crippen molar-refractivity contribution in [3.05, 3.63) is 5.76 Å². The number of carbonyl (C=O) groups is 3. The smallest absolute Gasteiger partial charge is 0.303 e. The lowest BCUT2D eigenvalue weighted by Gasteiger charge is -2.54. The highest BCUT2D eigenvalue weighted by Crippen LogP contribution is 2.53. The average Bonchev–Trinajstić information content (AvgIpc) is 3.18. The molecule has 10 heteroatoms. The van der Waals surface area contributed by atoms with Crippen LogP contribution in [0.25, 0.3) is 0 Å². The quantitative estimate of drug-likeness (QED) is 0.246. The Hall–Kier alpha value is -2.23. The molecule has 9 nitrogen and oxygen atoms in total. The van der Waals surface area contributed by atoms with Gasteiger partial charge in [0.1, 0.15) is 11.5 Å². The van der Waals surface area contributed by atoms with Gasteiger partial charge in [0, 0.05) is 24.1 Å². The van der Waals surface area contributed by atoms with Gasteiger partial charge in [-0.15, -0.1) is 11.8 Å². The molecule has 4 saturated carbocycles. The molecule has 206 valence electrons. The van der Waals surface area contributed by atoms with Gasteiger partial charge in [-0.1, -0.05) is 13.8 Å². The molecule has 0 spiro atoms. The van der Waals surface area contributed by atoms with E-state index in [1.807, 2.05) is 27.7 Å². The second-order valence-electron chi connectivity index (χ2n) is 12.1. The molecule has 4 aliphatic carbocycles. The summed E-state index contributed by atoms with van der Waals surface area (Å²) in [6, 6.07) is 0.205. The molecule has 0 atom stereocenters. The lowest BCUT2D eigenvalue weighted by molar-refractivity contribution is -0.137. The molecule has 0 unspecified atom stereocenters. The molecule has 0 aromatic carbocycles. The summed E-state index contributed by atoms with van der Waals surface area (Å²) in [7, 11) is 0. The van der Waals surface area contributed by atoms with Crippen molar-refractivity contribution in [3.8, 4) is 5.88 Å². The van der Waals surface area contributed by atoms with Gasteiger partial charge in [0.15, 0.2) is 0 Å². The Morgan fingerprint density at radius 3 is 2.30 bits per heavy atom. The van der Waals surface area contributed by atoms with Crippen LogP contribution in [0.2, 0.25) is 0 Å². The van der Waals surface area contributed by atoms with Crippen molar-refractivity contribution in [3.63, 3.8) is 0 Å². The lowest BCUT2D eigenvalue weighted by Crippen LogP contribution is -2.55. The number of carboxylic acids is 1. The van der Waals surface area contributed by atoms with Crippen LogP contribution in [-0.2, 0) is 9.59 Å². The zero-order chi connectivity index (χ0) is 26.7. The van der Waals surface area contributed by atoms with E-state index in [9.17, 15) is 14.4 Å². The third kappa shape index (κ3) is 7.21. The van der Waals surface area contributed by atoms with Gasteiger partial charge in [0.2, 0.25) is 11.7 Å². The summed E-state index contributed by atoms with van der Waals surface area (Å²) >= 11 is 1.48. The van der Waals surface area contributed by atoms with Crippen molar-refractivity contribution in [2.45, 2.75) is 107 Å². The summed E-state index contributed by atoms with van der Waals surface area (Å²) in [5.41, 5.74) is -0.689. The molecule has 3 N–H and O–H groups in total. The van der Waals surface area contributed by atoms with Gasteiger partial charge in [-0.05, 0) is 87.6 Å². The van der Waals surface area contributed by atoms with Crippen molar-refractivity contribution in [2.24, 2.45) is 23.7 Å². The van der Waals surface area contributed by atoms with E-state index in [0.29, 0.717) is 29.6 Å². The Labute approximate surface area is 223 Å². The van der Waals surface area contributed by atoms with Crippen LogP contribution in [0.15, 0.2) is 9.42 Å². The molecule has 1 heterocycles. The molecule has 5 rings (SSSR count). The summed E-state index contributed by atoms with van der Waals surface area (Å²) < 4.78 is 11.5. The fourth-order valence-corrected chi connectivity index (χ4v) is 7.41. The number of hydrogen-bond donors (Lipinski definition) is 3. The summed E-state index contributed by atoms with van der Waals surface area (Å²) in [5, 5.41) is 19.2. The minimum atomic E-state index is -0.858. The zero-order valence-corrected chi connectivity index (χ0v) is 23.2. The first-order chi connectivity index (χ1) is 17.5. The maximum Gasteiger partial charge on any atom is 0.303 e. The number of amides is 2. The van der Waals surface area contributed by atoms with E-state index in [2.05, 4.69) is 15.8 Å². The molecule has 2 amide bonds. The van der Waals surface area contributed by atoms with Gasteiger partial charge in [-0.2, -0.15) is 0 Å². The van der Waals surface area contributed by atoms with Gasteiger partial charge in [-0.25, -0.2) is 0 Å². The number of thioether (sulfide) groups is 1.